The van der Waals surface area contributed by atoms with E-state index >= 15 is 0 Å². The van der Waals surface area contributed by atoms with Crippen molar-refractivity contribution in [1.82, 2.24) is 24.6 Å². The minimum Gasteiger partial charge on any atom is -0.339 e. The summed E-state index contributed by atoms with van der Waals surface area (Å²) >= 11 is 0. The molecule has 0 radical (unpaired) electrons. The van der Waals surface area contributed by atoms with E-state index < -0.39 is 0 Å². The summed E-state index contributed by atoms with van der Waals surface area (Å²) in [5.74, 6) is 0.284. The highest BCUT2D eigenvalue weighted by Gasteiger charge is 2.30. The number of amides is 1. The van der Waals surface area contributed by atoms with Crippen LogP contribution in [0.4, 0.5) is 0 Å². The zero-order valence-corrected chi connectivity index (χ0v) is 13.5. The van der Waals surface area contributed by atoms with Crippen LogP contribution in [0.1, 0.15) is 51.5 Å². The fraction of sp³-hybridized carbons (Fsp3) is 0.812. The molecule has 1 aromatic heterocycles. The molecule has 0 spiro atoms. The zero-order chi connectivity index (χ0) is 15.4. The average molecular weight is 305 g/mol. The number of carbonyl (C=O) groups is 1. The zero-order valence-electron chi connectivity index (χ0n) is 13.5. The van der Waals surface area contributed by atoms with Crippen molar-refractivity contribution in [3.05, 3.63) is 12.7 Å². The van der Waals surface area contributed by atoms with Crippen molar-refractivity contribution in [2.45, 2.75) is 57.5 Å². The number of piperidine rings is 1. The quantitative estimate of drug-likeness (QED) is 0.853. The summed E-state index contributed by atoms with van der Waals surface area (Å²) in [6.45, 7) is 5.84. The van der Waals surface area contributed by atoms with E-state index in [1.807, 2.05) is 9.58 Å². The Morgan fingerprint density at radius 1 is 1.14 bits per heavy atom. The highest BCUT2D eigenvalue weighted by atomic mass is 16.2. The topological polar surface area (TPSA) is 54.3 Å². The lowest BCUT2D eigenvalue weighted by atomic mass is 10.0. The van der Waals surface area contributed by atoms with Crippen LogP contribution in [0.2, 0.25) is 0 Å². The molecule has 1 aromatic rings. The summed E-state index contributed by atoms with van der Waals surface area (Å²) in [4.78, 5) is 21.3. The molecule has 2 aliphatic heterocycles. The summed E-state index contributed by atoms with van der Waals surface area (Å²) < 4.78 is 1.90. The first kappa shape index (κ1) is 15.5. The molecule has 0 saturated carbocycles. The Morgan fingerprint density at radius 2 is 1.91 bits per heavy atom. The van der Waals surface area contributed by atoms with Gasteiger partial charge in [-0.05, 0) is 45.7 Å². The van der Waals surface area contributed by atoms with Gasteiger partial charge < -0.3 is 4.90 Å². The first-order valence-corrected chi connectivity index (χ1v) is 8.62. The largest absolute Gasteiger partial charge is 0.339 e. The van der Waals surface area contributed by atoms with Crippen molar-refractivity contribution >= 4 is 5.91 Å². The standard InChI is InChI=1S/C16H27N5O/c1-14(19-8-4-2-3-5-9-19)16(22)20-10-6-7-15(11-20)21-13-17-12-18-21/h12-15H,2-11H2,1H3/t14-,15-/m0/s1. The Hall–Kier alpha value is -1.43. The number of nitrogens with zero attached hydrogens (tertiary/aromatic N) is 5. The van der Waals surface area contributed by atoms with Crippen LogP contribution in [-0.4, -0.2) is 62.7 Å². The summed E-state index contributed by atoms with van der Waals surface area (Å²) in [6, 6.07) is 0.282. The Labute approximate surface area is 132 Å². The number of aromatic nitrogens is 3. The first-order chi connectivity index (χ1) is 10.8. The van der Waals surface area contributed by atoms with Gasteiger partial charge in [0, 0.05) is 13.1 Å². The third-order valence-corrected chi connectivity index (χ3v) is 5.06. The van der Waals surface area contributed by atoms with Crippen LogP contribution in [0, 0.1) is 0 Å². The van der Waals surface area contributed by atoms with Crippen molar-refractivity contribution in [3.63, 3.8) is 0 Å². The summed E-state index contributed by atoms with van der Waals surface area (Å²) in [7, 11) is 0. The summed E-state index contributed by atoms with van der Waals surface area (Å²) in [5, 5.41) is 4.24. The Balaban J connectivity index is 1.60. The van der Waals surface area contributed by atoms with Gasteiger partial charge in [0.15, 0.2) is 0 Å². The van der Waals surface area contributed by atoms with Crippen LogP contribution in [0.15, 0.2) is 12.7 Å². The molecule has 3 rings (SSSR count). The predicted molar refractivity (Wildman–Crippen MR) is 84.4 cm³/mol. The number of hydrogen-bond acceptors (Lipinski definition) is 4. The molecule has 2 atom stereocenters. The molecule has 0 unspecified atom stereocenters. The second kappa shape index (κ2) is 7.22. The van der Waals surface area contributed by atoms with Gasteiger partial charge >= 0.3 is 0 Å². The average Bonchev–Trinajstić information content (AvgIpc) is 2.96. The van der Waals surface area contributed by atoms with Crippen molar-refractivity contribution in [1.29, 1.82) is 0 Å². The molecule has 1 amide bonds. The fourth-order valence-corrected chi connectivity index (χ4v) is 3.68. The Morgan fingerprint density at radius 3 is 2.59 bits per heavy atom. The second-order valence-electron chi connectivity index (χ2n) is 6.58. The lowest BCUT2D eigenvalue weighted by molar-refractivity contribution is -0.138. The van der Waals surface area contributed by atoms with E-state index in [-0.39, 0.29) is 18.0 Å². The van der Waals surface area contributed by atoms with E-state index in [0.29, 0.717) is 0 Å². The minimum atomic E-state index is 0.00703. The number of rotatable bonds is 3. The third kappa shape index (κ3) is 3.48. The van der Waals surface area contributed by atoms with Crippen LogP contribution in [0.5, 0.6) is 0 Å². The van der Waals surface area contributed by atoms with Gasteiger partial charge in [0.1, 0.15) is 12.7 Å². The molecule has 22 heavy (non-hydrogen) atoms. The van der Waals surface area contributed by atoms with Crippen molar-refractivity contribution in [3.8, 4) is 0 Å². The molecule has 0 bridgehead atoms. The molecule has 6 nitrogen and oxygen atoms in total. The van der Waals surface area contributed by atoms with E-state index in [1.165, 1.54) is 25.7 Å². The van der Waals surface area contributed by atoms with Gasteiger partial charge in [-0.15, -0.1) is 0 Å². The Kier molecular flexibility index (Phi) is 5.08. The van der Waals surface area contributed by atoms with Gasteiger partial charge in [-0.2, -0.15) is 5.10 Å². The van der Waals surface area contributed by atoms with Crippen LogP contribution < -0.4 is 0 Å². The van der Waals surface area contributed by atoms with Crippen LogP contribution in [0.25, 0.3) is 0 Å². The molecule has 2 aliphatic rings. The molecule has 0 aliphatic carbocycles. The number of hydrogen-bond donors (Lipinski definition) is 0. The van der Waals surface area contributed by atoms with Crippen molar-refractivity contribution in [2.24, 2.45) is 0 Å². The molecular formula is C16H27N5O. The van der Waals surface area contributed by atoms with Crippen molar-refractivity contribution in [2.75, 3.05) is 26.2 Å². The monoisotopic (exact) mass is 305 g/mol. The Bertz CT molecular complexity index is 467. The van der Waals surface area contributed by atoms with Crippen LogP contribution in [-0.2, 0) is 4.79 Å². The smallest absolute Gasteiger partial charge is 0.239 e. The fourth-order valence-electron chi connectivity index (χ4n) is 3.68. The molecular weight excluding hydrogens is 278 g/mol. The normalized spacial score (nSPS) is 25.7. The van der Waals surface area contributed by atoms with Gasteiger partial charge in [0.25, 0.3) is 0 Å². The maximum atomic E-state index is 12.9. The first-order valence-electron chi connectivity index (χ1n) is 8.62. The molecule has 122 valence electrons. The van der Waals surface area contributed by atoms with Gasteiger partial charge in [0.05, 0.1) is 12.1 Å². The molecule has 3 heterocycles. The number of likely N-dealkylation sites (tertiary alicyclic amines) is 2. The highest BCUT2D eigenvalue weighted by Crippen LogP contribution is 2.22. The third-order valence-electron chi connectivity index (χ3n) is 5.06. The summed E-state index contributed by atoms with van der Waals surface area (Å²) in [5.41, 5.74) is 0. The second-order valence-corrected chi connectivity index (χ2v) is 6.58. The molecule has 0 N–H and O–H groups in total. The number of carbonyl (C=O) groups excluding carboxylic acids is 1. The highest BCUT2D eigenvalue weighted by molar-refractivity contribution is 5.81. The van der Waals surface area contributed by atoms with Gasteiger partial charge in [-0.3, -0.25) is 9.69 Å². The predicted octanol–water partition coefficient (Wildman–Crippen LogP) is 1.71. The van der Waals surface area contributed by atoms with Gasteiger partial charge in [-0.25, -0.2) is 9.67 Å². The van der Waals surface area contributed by atoms with Gasteiger partial charge in [-0.1, -0.05) is 12.8 Å². The lowest BCUT2D eigenvalue weighted by Crippen LogP contribution is -2.50. The van der Waals surface area contributed by atoms with E-state index in [4.69, 9.17) is 0 Å². The summed E-state index contributed by atoms with van der Waals surface area (Å²) in [6.07, 6.45) is 10.5. The molecule has 6 heteroatoms. The van der Waals surface area contributed by atoms with E-state index in [1.54, 1.807) is 12.7 Å². The minimum absolute atomic E-state index is 0.00703. The molecule has 2 saturated heterocycles. The van der Waals surface area contributed by atoms with E-state index in [9.17, 15) is 4.79 Å². The lowest BCUT2D eigenvalue weighted by Gasteiger charge is -2.37. The van der Waals surface area contributed by atoms with Crippen LogP contribution in [0.3, 0.4) is 0 Å². The SMILES string of the molecule is C[C@@H](C(=O)N1CCC[C@H](n2cncn2)C1)N1CCCCCC1. The van der Waals surface area contributed by atoms with E-state index in [0.717, 1.165) is 39.0 Å². The van der Waals surface area contributed by atoms with Crippen molar-refractivity contribution < 1.29 is 4.79 Å². The van der Waals surface area contributed by atoms with Gasteiger partial charge in [0.2, 0.25) is 5.91 Å². The maximum absolute atomic E-state index is 12.9. The molecule has 2 fully saturated rings. The molecule has 0 aromatic carbocycles. The maximum Gasteiger partial charge on any atom is 0.239 e. The van der Waals surface area contributed by atoms with E-state index in [2.05, 4.69) is 21.9 Å². The van der Waals surface area contributed by atoms with Crippen LogP contribution >= 0.6 is 0 Å².